The monoisotopic (exact) mass is 255 g/mol. The predicted octanol–water partition coefficient (Wildman–Crippen LogP) is 2.91. The number of ketones is 1. The molecule has 104 valence electrons. The molecular weight excluding hydrogens is 230 g/mol. The quantitative estimate of drug-likeness (QED) is 0.794. The Hall–Kier alpha value is -1.06. The molecule has 2 unspecified atom stereocenters. The first-order valence-electron chi connectivity index (χ1n) is 6.83. The molecule has 0 radical (unpaired) electrons. The van der Waals surface area contributed by atoms with Crippen molar-refractivity contribution in [3.63, 3.8) is 0 Å². The van der Waals surface area contributed by atoms with Gasteiger partial charge in [0.25, 0.3) is 0 Å². The lowest BCUT2D eigenvalue weighted by Crippen LogP contribution is -2.33. The molecule has 1 N–H and O–H groups in total. The zero-order valence-electron chi connectivity index (χ0n) is 11.9. The van der Waals surface area contributed by atoms with Gasteiger partial charge in [-0.05, 0) is 39.5 Å². The van der Waals surface area contributed by atoms with Crippen molar-refractivity contribution < 1.29 is 14.3 Å². The van der Waals surface area contributed by atoms with Crippen LogP contribution in [0.3, 0.4) is 0 Å². The van der Waals surface area contributed by atoms with Gasteiger partial charge >= 0.3 is 6.09 Å². The van der Waals surface area contributed by atoms with Crippen LogP contribution < -0.4 is 5.32 Å². The molecule has 1 aliphatic carbocycles. The van der Waals surface area contributed by atoms with Crippen LogP contribution in [0.15, 0.2) is 0 Å². The number of Topliss-reactive ketones (excluding diaryl/α,β-unsaturated/α-hetero) is 1. The molecule has 0 aromatic carbocycles. The molecular formula is C14H25NO3. The summed E-state index contributed by atoms with van der Waals surface area (Å²) in [5, 5.41) is 2.73. The number of unbranched alkanes of at least 4 members (excludes halogenated alkanes) is 1. The highest BCUT2D eigenvalue weighted by Crippen LogP contribution is 2.39. The predicted molar refractivity (Wildman–Crippen MR) is 70.4 cm³/mol. The van der Waals surface area contributed by atoms with Crippen molar-refractivity contribution in [3.05, 3.63) is 0 Å². The van der Waals surface area contributed by atoms with Gasteiger partial charge in [-0.15, -0.1) is 0 Å². The van der Waals surface area contributed by atoms with E-state index in [9.17, 15) is 9.59 Å². The van der Waals surface area contributed by atoms with Crippen LogP contribution in [-0.4, -0.2) is 24.0 Å². The fourth-order valence-electron chi connectivity index (χ4n) is 1.93. The van der Waals surface area contributed by atoms with Gasteiger partial charge in [-0.2, -0.15) is 0 Å². The average molecular weight is 255 g/mol. The van der Waals surface area contributed by atoms with Crippen molar-refractivity contribution in [2.75, 3.05) is 6.54 Å². The molecule has 18 heavy (non-hydrogen) atoms. The molecule has 4 heteroatoms. The first kappa shape index (κ1) is 15.0. The van der Waals surface area contributed by atoms with Crippen LogP contribution in [-0.2, 0) is 9.53 Å². The molecule has 1 aliphatic rings. The summed E-state index contributed by atoms with van der Waals surface area (Å²) in [6.45, 7) is 8.14. The molecule has 0 bridgehead atoms. The Morgan fingerprint density at radius 3 is 2.56 bits per heavy atom. The molecule has 0 aromatic heterocycles. The summed E-state index contributed by atoms with van der Waals surface area (Å²) < 4.78 is 5.14. The van der Waals surface area contributed by atoms with E-state index in [4.69, 9.17) is 4.74 Å². The molecule has 1 amide bonds. The van der Waals surface area contributed by atoms with E-state index in [0.29, 0.717) is 24.7 Å². The Morgan fingerprint density at radius 2 is 2.00 bits per heavy atom. The number of carbonyl (C=O) groups is 2. The lowest BCUT2D eigenvalue weighted by atomic mass is 10.1. The lowest BCUT2D eigenvalue weighted by molar-refractivity contribution is -0.120. The van der Waals surface area contributed by atoms with E-state index < -0.39 is 11.7 Å². The fourth-order valence-corrected chi connectivity index (χ4v) is 1.93. The van der Waals surface area contributed by atoms with Crippen LogP contribution in [0.5, 0.6) is 0 Å². The van der Waals surface area contributed by atoms with E-state index in [1.165, 1.54) is 0 Å². The van der Waals surface area contributed by atoms with Gasteiger partial charge < -0.3 is 10.1 Å². The SMILES string of the molecule is CCCCC(=O)C1CC1CNC(=O)OC(C)(C)C. The zero-order chi connectivity index (χ0) is 13.8. The van der Waals surface area contributed by atoms with Crippen LogP contribution >= 0.6 is 0 Å². The van der Waals surface area contributed by atoms with Crippen LogP contribution in [0.25, 0.3) is 0 Å². The van der Waals surface area contributed by atoms with Crippen LogP contribution in [0, 0.1) is 11.8 Å². The van der Waals surface area contributed by atoms with Crippen LogP contribution in [0.2, 0.25) is 0 Å². The van der Waals surface area contributed by atoms with Gasteiger partial charge in [0.2, 0.25) is 0 Å². The smallest absolute Gasteiger partial charge is 0.407 e. The molecule has 1 saturated carbocycles. The summed E-state index contributed by atoms with van der Waals surface area (Å²) in [5.41, 5.74) is -0.468. The molecule has 0 aliphatic heterocycles. The van der Waals surface area contributed by atoms with Gasteiger partial charge in [0.05, 0.1) is 0 Å². The highest BCUT2D eigenvalue weighted by Gasteiger charge is 2.42. The van der Waals surface area contributed by atoms with Crippen molar-refractivity contribution in [3.8, 4) is 0 Å². The Labute approximate surface area is 109 Å². The maximum absolute atomic E-state index is 11.7. The van der Waals surface area contributed by atoms with E-state index in [-0.39, 0.29) is 5.92 Å². The number of alkyl carbamates (subject to hydrolysis) is 1. The van der Waals surface area contributed by atoms with Gasteiger partial charge in [0.15, 0.2) is 0 Å². The Balaban J connectivity index is 2.16. The molecule has 0 aromatic rings. The van der Waals surface area contributed by atoms with Gasteiger partial charge in [-0.3, -0.25) is 4.79 Å². The zero-order valence-corrected chi connectivity index (χ0v) is 11.9. The maximum atomic E-state index is 11.7. The van der Waals surface area contributed by atoms with Crippen molar-refractivity contribution in [1.29, 1.82) is 0 Å². The number of nitrogens with one attached hydrogen (secondary N) is 1. The summed E-state index contributed by atoms with van der Waals surface area (Å²) >= 11 is 0. The molecule has 2 atom stereocenters. The molecule has 1 fully saturated rings. The molecule has 4 nitrogen and oxygen atoms in total. The van der Waals surface area contributed by atoms with Crippen molar-refractivity contribution in [2.24, 2.45) is 11.8 Å². The van der Waals surface area contributed by atoms with Gasteiger partial charge in [-0.25, -0.2) is 4.79 Å². The minimum Gasteiger partial charge on any atom is -0.444 e. The summed E-state index contributed by atoms with van der Waals surface area (Å²) in [6.07, 6.45) is 3.23. The summed E-state index contributed by atoms with van der Waals surface area (Å²) in [4.78, 5) is 23.1. The number of rotatable bonds is 6. The third kappa shape index (κ3) is 5.52. The second kappa shape index (κ2) is 6.21. The Morgan fingerprint density at radius 1 is 1.33 bits per heavy atom. The standard InChI is InChI=1S/C14H25NO3/c1-5-6-7-12(16)11-8-10(11)9-15-13(17)18-14(2,3)4/h10-11H,5-9H2,1-4H3,(H,15,17). The number of carbonyl (C=O) groups excluding carboxylic acids is 2. The summed E-state index contributed by atoms with van der Waals surface area (Å²) in [7, 11) is 0. The minimum atomic E-state index is -0.468. The number of hydrogen-bond acceptors (Lipinski definition) is 3. The van der Waals surface area contributed by atoms with E-state index in [0.717, 1.165) is 19.3 Å². The molecule has 0 spiro atoms. The fraction of sp³-hybridized carbons (Fsp3) is 0.857. The van der Waals surface area contributed by atoms with Gasteiger partial charge in [0, 0.05) is 18.9 Å². The minimum absolute atomic E-state index is 0.173. The Kier molecular flexibility index (Phi) is 5.17. The van der Waals surface area contributed by atoms with Crippen molar-refractivity contribution in [1.82, 2.24) is 5.32 Å². The van der Waals surface area contributed by atoms with E-state index in [1.54, 1.807) is 0 Å². The third-order valence-corrected chi connectivity index (χ3v) is 3.02. The van der Waals surface area contributed by atoms with Gasteiger partial charge in [0.1, 0.15) is 11.4 Å². The highest BCUT2D eigenvalue weighted by molar-refractivity contribution is 5.83. The van der Waals surface area contributed by atoms with Crippen molar-refractivity contribution >= 4 is 11.9 Å². The third-order valence-electron chi connectivity index (χ3n) is 3.02. The number of amides is 1. The Bertz CT molecular complexity index is 307. The topological polar surface area (TPSA) is 55.4 Å². The lowest BCUT2D eigenvalue weighted by Gasteiger charge is -2.19. The summed E-state index contributed by atoms with van der Waals surface area (Å²) in [6, 6.07) is 0. The van der Waals surface area contributed by atoms with Gasteiger partial charge in [-0.1, -0.05) is 13.3 Å². The normalized spacial score (nSPS) is 22.4. The van der Waals surface area contributed by atoms with E-state index in [1.807, 2.05) is 20.8 Å². The molecule has 0 heterocycles. The highest BCUT2D eigenvalue weighted by atomic mass is 16.6. The van der Waals surface area contributed by atoms with E-state index in [2.05, 4.69) is 12.2 Å². The average Bonchev–Trinajstić information content (AvgIpc) is 3.00. The van der Waals surface area contributed by atoms with Crippen LogP contribution in [0.4, 0.5) is 4.79 Å². The number of ether oxygens (including phenoxy) is 1. The van der Waals surface area contributed by atoms with Crippen LogP contribution in [0.1, 0.15) is 53.4 Å². The largest absolute Gasteiger partial charge is 0.444 e. The second-order valence-electron chi connectivity index (χ2n) is 6.05. The first-order valence-corrected chi connectivity index (χ1v) is 6.83. The molecule has 0 saturated heterocycles. The first-order chi connectivity index (χ1) is 8.33. The second-order valence-corrected chi connectivity index (χ2v) is 6.05. The summed E-state index contributed by atoms with van der Waals surface area (Å²) in [5.74, 6) is 0.848. The molecule has 1 rings (SSSR count). The van der Waals surface area contributed by atoms with Crippen molar-refractivity contribution in [2.45, 2.75) is 59.0 Å². The maximum Gasteiger partial charge on any atom is 0.407 e. The number of hydrogen-bond donors (Lipinski definition) is 1. The van der Waals surface area contributed by atoms with E-state index >= 15 is 0 Å².